The first-order chi connectivity index (χ1) is 8.79. The van der Waals surface area contributed by atoms with Crippen LogP contribution in [0.3, 0.4) is 0 Å². The number of hydrogen-bond donors (Lipinski definition) is 1. The second kappa shape index (κ2) is 6.31. The Hall–Kier alpha value is -1.68. The third-order valence-corrected chi connectivity index (χ3v) is 2.87. The van der Waals surface area contributed by atoms with Gasteiger partial charge < -0.3 is 10.3 Å². The predicted molar refractivity (Wildman–Crippen MR) is 70.0 cm³/mol. The maximum atomic E-state index is 5.99. The Bertz CT molecular complexity index is 467. The molecule has 0 radical (unpaired) electrons. The van der Waals surface area contributed by atoms with E-state index in [0.29, 0.717) is 18.1 Å². The van der Waals surface area contributed by atoms with Crippen molar-refractivity contribution in [3.05, 3.63) is 47.6 Å². The molecule has 1 atom stereocenters. The van der Waals surface area contributed by atoms with E-state index in [0.717, 1.165) is 19.3 Å². The summed E-state index contributed by atoms with van der Waals surface area (Å²) in [5, 5.41) is 3.97. The standard InChI is InChI=1S/C14H19N3O/c1-2-3-9-12(15)14-16-13(17-18-14)10-11-7-5-4-6-8-11/h4-8,12H,2-3,9-10,15H2,1H3/t12-/m0/s1. The van der Waals surface area contributed by atoms with Crippen molar-refractivity contribution in [3.8, 4) is 0 Å². The van der Waals surface area contributed by atoms with Gasteiger partial charge in [0.25, 0.3) is 0 Å². The highest BCUT2D eigenvalue weighted by atomic mass is 16.5. The molecule has 96 valence electrons. The topological polar surface area (TPSA) is 64.9 Å². The van der Waals surface area contributed by atoms with Crippen molar-refractivity contribution < 1.29 is 4.52 Å². The maximum absolute atomic E-state index is 5.99. The Morgan fingerprint density at radius 2 is 2.06 bits per heavy atom. The van der Waals surface area contributed by atoms with Gasteiger partial charge in [0.15, 0.2) is 5.82 Å². The third-order valence-electron chi connectivity index (χ3n) is 2.87. The molecule has 18 heavy (non-hydrogen) atoms. The van der Waals surface area contributed by atoms with Crippen LogP contribution in [0.4, 0.5) is 0 Å². The Kier molecular flexibility index (Phi) is 4.47. The molecule has 0 aliphatic carbocycles. The van der Waals surface area contributed by atoms with Gasteiger partial charge in [-0.1, -0.05) is 55.3 Å². The van der Waals surface area contributed by atoms with Crippen LogP contribution in [-0.4, -0.2) is 10.1 Å². The molecule has 2 rings (SSSR count). The van der Waals surface area contributed by atoms with Gasteiger partial charge in [0.05, 0.1) is 6.04 Å². The number of benzene rings is 1. The van der Waals surface area contributed by atoms with E-state index in [-0.39, 0.29) is 6.04 Å². The number of hydrogen-bond acceptors (Lipinski definition) is 4. The van der Waals surface area contributed by atoms with Gasteiger partial charge in [-0.15, -0.1) is 0 Å². The van der Waals surface area contributed by atoms with Gasteiger partial charge in [-0.2, -0.15) is 4.98 Å². The highest BCUT2D eigenvalue weighted by Gasteiger charge is 2.14. The molecule has 1 heterocycles. The van der Waals surface area contributed by atoms with Crippen molar-refractivity contribution in [2.24, 2.45) is 5.73 Å². The van der Waals surface area contributed by atoms with Gasteiger partial charge in [0.2, 0.25) is 5.89 Å². The molecular formula is C14H19N3O. The lowest BCUT2D eigenvalue weighted by molar-refractivity contribution is 0.343. The molecule has 4 nitrogen and oxygen atoms in total. The van der Waals surface area contributed by atoms with Crippen LogP contribution in [0.1, 0.15) is 49.5 Å². The lowest BCUT2D eigenvalue weighted by Gasteiger charge is -2.03. The summed E-state index contributed by atoms with van der Waals surface area (Å²) in [5.74, 6) is 1.25. The van der Waals surface area contributed by atoms with Gasteiger partial charge in [-0.05, 0) is 12.0 Å². The number of rotatable bonds is 6. The maximum Gasteiger partial charge on any atom is 0.243 e. The van der Waals surface area contributed by atoms with E-state index < -0.39 is 0 Å². The van der Waals surface area contributed by atoms with Crippen LogP contribution in [0.5, 0.6) is 0 Å². The summed E-state index contributed by atoms with van der Waals surface area (Å²) in [4.78, 5) is 4.36. The molecule has 0 amide bonds. The number of unbranched alkanes of at least 4 members (excludes halogenated alkanes) is 1. The van der Waals surface area contributed by atoms with Crippen LogP contribution in [-0.2, 0) is 6.42 Å². The van der Waals surface area contributed by atoms with Gasteiger partial charge in [0.1, 0.15) is 0 Å². The quantitative estimate of drug-likeness (QED) is 0.849. The molecule has 0 bridgehead atoms. The first-order valence-corrected chi connectivity index (χ1v) is 6.41. The molecule has 0 unspecified atom stereocenters. The van der Waals surface area contributed by atoms with Crippen molar-refractivity contribution in [1.82, 2.24) is 10.1 Å². The second-order valence-electron chi connectivity index (χ2n) is 4.46. The fraction of sp³-hybridized carbons (Fsp3) is 0.429. The number of nitrogens with zero attached hydrogens (tertiary/aromatic N) is 2. The smallest absolute Gasteiger partial charge is 0.243 e. The normalized spacial score (nSPS) is 12.6. The van der Waals surface area contributed by atoms with Crippen molar-refractivity contribution in [3.63, 3.8) is 0 Å². The zero-order chi connectivity index (χ0) is 12.8. The van der Waals surface area contributed by atoms with Crippen molar-refractivity contribution in [1.29, 1.82) is 0 Å². The van der Waals surface area contributed by atoms with Crippen LogP contribution in [0.25, 0.3) is 0 Å². The minimum absolute atomic E-state index is 0.137. The summed E-state index contributed by atoms with van der Waals surface area (Å²) >= 11 is 0. The molecule has 1 aromatic carbocycles. The molecule has 0 spiro atoms. The molecule has 0 fully saturated rings. The second-order valence-corrected chi connectivity index (χ2v) is 4.46. The zero-order valence-electron chi connectivity index (χ0n) is 10.7. The average molecular weight is 245 g/mol. The first kappa shape index (κ1) is 12.8. The van der Waals surface area contributed by atoms with Gasteiger partial charge >= 0.3 is 0 Å². The molecule has 0 aliphatic heterocycles. The summed E-state index contributed by atoms with van der Waals surface area (Å²) in [6.07, 6.45) is 3.78. The van der Waals surface area contributed by atoms with Gasteiger partial charge in [0, 0.05) is 6.42 Å². The molecule has 4 heteroatoms. The minimum Gasteiger partial charge on any atom is -0.338 e. The zero-order valence-corrected chi connectivity index (χ0v) is 10.7. The van der Waals surface area contributed by atoms with Crippen molar-refractivity contribution in [2.75, 3.05) is 0 Å². The molecular weight excluding hydrogens is 226 g/mol. The van der Waals surface area contributed by atoms with E-state index in [2.05, 4.69) is 17.1 Å². The average Bonchev–Trinajstić information content (AvgIpc) is 2.86. The number of nitrogens with two attached hydrogens (primary N) is 1. The summed E-state index contributed by atoms with van der Waals surface area (Å²) in [6, 6.07) is 9.96. The molecule has 1 aromatic heterocycles. The minimum atomic E-state index is -0.137. The van der Waals surface area contributed by atoms with E-state index >= 15 is 0 Å². The SMILES string of the molecule is CCCC[C@H](N)c1nc(Cc2ccccc2)no1. The lowest BCUT2D eigenvalue weighted by atomic mass is 10.1. The monoisotopic (exact) mass is 245 g/mol. The molecule has 2 aromatic rings. The molecule has 2 N–H and O–H groups in total. The van der Waals surface area contributed by atoms with Crippen LogP contribution in [0.2, 0.25) is 0 Å². The third kappa shape index (κ3) is 3.40. The van der Waals surface area contributed by atoms with E-state index in [9.17, 15) is 0 Å². The molecule has 0 saturated carbocycles. The van der Waals surface area contributed by atoms with Crippen LogP contribution >= 0.6 is 0 Å². The number of aromatic nitrogens is 2. The highest BCUT2D eigenvalue weighted by Crippen LogP contribution is 2.15. The summed E-state index contributed by atoms with van der Waals surface area (Å²) in [5.41, 5.74) is 7.16. The summed E-state index contributed by atoms with van der Waals surface area (Å²) in [7, 11) is 0. The Morgan fingerprint density at radius 3 is 2.78 bits per heavy atom. The summed E-state index contributed by atoms with van der Waals surface area (Å²) < 4.78 is 5.21. The van der Waals surface area contributed by atoms with Crippen LogP contribution in [0.15, 0.2) is 34.9 Å². The lowest BCUT2D eigenvalue weighted by Crippen LogP contribution is -2.10. The van der Waals surface area contributed by atoms with Crippen LogP contribution < -0.4 is 5.73 Å². The van der Waals surface area contributed by atoms with Gasteiger partial charge in [-0.3, -0.25) is 0 Å². The highest BCUT2D eigenvalue weighted by molar-refractivity contribution is 5.18. The fourth-order valence-electron chi connectivity index (χ4n) is 1.82. The van der Waals surface area contributed by atoms with Crippen molar-refractivity contribution in [2.45, 2.75) is 38.6 Å². The Labute approximate surface area is 107 Å². The first-order valence-electron chi connectivity index (χ1n) is 6.41. The largest absolute Gasteiger partial charge is 0.338 e. The molecule has 0 aliphatic rings. The van der Waals surface area contributed by atoms with E-state index in [1.165, 1.54) is 5.56 Å². The fourth-order valence-corrected chi connectivity index (χ4v) is 1.82. The Morgan fingerprint density at radius 1 is 1.28 bits per heavy atom. The van der Waals surface area contributed by atoms with E-state index in [1.807, 2.05) is 30.3 Å². The van der Waals surface area contributed by atoms with E-state index in [4.69, 9.17) is 10.3 Å². The van der Waals surface area contributed by atoms with Crippen LogP contribution in [0, 0.1) is 0 Å². The molecule has 0 saturated heterocycles. The van der Waals surface area contributed by atoms with Gasteiger partial charge in [-0.25, -0.2) is 0 Å². The van der Waals surface area contributed by atoms with Crippen molar-refractivity contribution >= 4 is 0 Å². The predicted octanol–water partition coefficient (Wildman–Crippen LogP) is 2.85. The Balaban J connectivity index is 1.98. The van der Waals surface area contributed by atoms with E-state index in [1.54, 1.807) is 0 Å². The summed E-state index contributed by atoms with van der Waals surface area (Å²) in [6.45, 7) is 2.14.